The zero-order valence-corrected chi connectivity index (χ0v) is 13.7. The molecule has 0 aliphatic carbocycles. The number of benzene rings is 3. The van der Waals surface area contributed by atoms with Crippen LogP contribution in [0, 0.1) is 6.92 Å². The smallest absolute Gasteiger partial charge is 0.295 e. The summed E-state index contributed by atoms with van der Waals surface area (Å²) in [5.74, 6) is 0. The summed E-state index contributed by atoms with van der Waals surface area (Å²) in [6.45, 7) is 1.96. The van der Waals surface area contributed by atoms with Gasteiger partial charge in [-0.1, -0.05) is 42.0 Å². The molecule has 0 radical (unpaired) electrons. The van der Waals surface area contributed by atoms with Gasteiger partial charge in [0.2, 0.25) is 0 Å². The van der Waals surface area contributed by atoms with Crippen LogP contribution in [-0.2, 0) is 10.1 Å². The molecule has 0 fully saturated rings. The van der Waals surface area contributed by atoms with E-state index < -0.39 is 10.1 Å². The summed E-state index contributed by atoms with van der Waals surface area (Å²) in [5, 5.41) is 8.96. The standard InChI is InChI=1S/C17H15N3O3S/c1-11-6-8-12(9-7-11)19-20-15-10-16(24(21,22)23)13-4-2-3-5-14(13)17(15)18/h2-10H,18H2,1H3,(H,21,22,23). The molecule has 24 heavy (non-hydrogen) atoms. The summed E-state index contributed by atoms with van der Waals surface area (Å²) in [7, 11) is -4.41. The van der Waals surface area contributed by atoms with E-state index >= 15 is 0 Å². The molecule has 3 N–H and O–H groups in total. The number of aryl methyl sites for hydroxylation is 1. The quantitative estimate of drug-likeness (QED) is 0.418. The Bertz CT molecular complexity index is 1040. The maximum Gasteiger partial charge on any atom is 0.295 e. The van der Waals surface area contributed by atoms with Gasteiger partial charge in [-0.15, -0.1) is 5.11 Å². The Morgan fingerprint density at radius 2 is 1.58 bits per heavy atom. The van der Waals surface area contributed by atoms with Crippen molar-refractivity contribution in [3.63, 3.8) is 0 Å². The average molecular weight is 341 g/mol. The zero-order valence-electron chi connectivity index (χ0n) is 12.8. The predicted molar refractivity (Wildman–Crippen MR) is 93.5 cm³/mol. The van der Waals surface area contributed by atoms with Gasteiger partial charge in [-0.25, -0.2) is 0 Å². The highest BCUT2D eigenvalue weighted by Crippen LogP contribution is 2.36. The lowest BCUT2D eigenvalue weighted by Gasteiger charge is -2.09. The minimum absolute atomic E-state index is 0.182. The molecule has 0 atom stereocenters. The summed E-state index contributed by atoms with van der Waals surface area (Å²) in [5.41, 5.74) is 8.27. The molecular weight excluding hydrogens is 326 g/mol. The lowest BCUT2D eigenvalue weighted by Crippen LogP contribution is -2.01. The Kier molecular flexibility index (Phi) is 4.04. The van der Waals surface area contributed by atoms with E-state index in [-0.39, 0.29) is 10.6 Å². The highest BCUT2D eigenvalue weighted by Gasteiger charge is 2.18. The van der Waals surface area contributed by atoms with Gasteiger partial charge in [0.15, 0.2) is 0 Å². The highest BCUT2D eigenvalue weighted by atomic mass is 32.2. The van der Waals surface area contributed by atoms with Gasteiger partial charge in [-0.2, -0.15) is 13.5 Å². The van der Waals surface area contributed by atoms with E-state index in [9.17, 15) is 13.0 Å². The largest absolute Gasteiger partial charge is 0.396 e. The molecule has 0 aromatic heterocycles. The molecule has 0 saturated carbocycles. The van der Waals surface area contributed by atoms with Crippen molar-refractivity contribution in [1.29, 1.82) is 0 Å². The molecule has 3 aromatic carbocycles. The van der Waals surface area contributed by atoms with Crippen molar-refractivity contribution >= 4 is 38.0 Å². The number of nitrogen functional groups attached to an aromatic ring is 1. The van der Waals surface area contributed by atoms with Gasteiger partial charge in [-0.05, 0) is 25.1 Å². The molecule has 0 aliphatic rings. The number of azo groups is 1. The second kappa shape index (κ2) is 6.03. The summed E-state index contributed by atoms with van der Waals surface area (Å²) in [6.07, 6.45) is 0. The van der Waals surface area contributed by atoms with Gasteiger partial charge < -0.3 is 5.73 Å². The number of fused-ring (bicyclic) bond motifs is 1. The maximum absolute atomic E-state index is 11.7. The van der Waals surface area contributed by atoms with Crippen molar-refractivity contribution in [1.82, 2.24) is 0 Å². The summed E-state index contributed by atoms with van der Waals surface area (Å²) in [4.78, 5) is -0.245. The summed E-state index contributed by atoms with van der Waals surface area (Å²) in [6, 6.07) is 15.2. The van der Waals surface area contributed by atoms with Crippen LogP contribution in [0.5, 0.6) is 0 Å². The van der Waals surface area contributed by atoms with Crippen LogP contribution in [0.25, 0.3) is 10.8 Å². The number of hydrogen-bond donors (Lipinski definition) is 2. The van der Waals surface area contributed by atoms with Crippen molar-refractivity contribution in [3.8, 4) is 0 Å². The molecule has 0 saturated heterocycles. The molecule has 0 heterocycles. The van der Waals surface area contributed by atoms with E-state index in [0.29, 0.717) is 22.1 Å². The first kappa shape index (κ1) is 16.1. The third-order valence-electron chi connectivity index (χ3n) is 3.61. The lowest BCUT2D eigenvalue weighted by atomic mass is 10.1. The van der Waals surface area contributed by atoms with Gasteiger partial charge in [0.25, 0.3) is 10.1 Å². The molecule has 6 nitrogen and oxygen atoms in total. The number of anilines is 1. The van der Waals surface area contributed by atoms with Crippen molar-refractivity contribution in [3.05, 3.63) is 60.2 Å². The Morgan fingerprint density at radius 1 is 0.958 bits per heavy atom. The average Bonchev–Trinajstić information content (AvgIpc) is 2.55. The fourth-order valence-electron chi connectivity index (χ4n) is 2.37. The van der Waals surface area contributed by atoms with Crippen LogP contribution >= 0.6 is 0 Å². The number of hydrogen-bond acceptors (Lipinski definition) is 5. The van der Waals surface area contributed by atoms with E-state index in [4.69, 9.17) is 5.73 Å². The molecule has 0 amide bonds. The Hall–Kier alpha value is -2.77. The zero-order chi connectivity index (χ0) is 17.3. The maximum atomic E-state index is 11.7. The SMILES string of the molecule is Cc1ccc(N=Nc2cc(S(=O)(=O)O)c3ccccc3c2N)cc1. The molecule has 0 spiro atoms. The lowest BCUT2D eigenvalue weighted by molar-refractivity contribution is 0.484. The molecule has 7 heteroatoms. The van der Waals surface area contributed by atoms with Crippen LogP contribution in [0.2, 0.25) is 0 Å². The third kappa shape index (κ3) is 3.12. The van der Waals surface area contributed by atoms with E-state index in [1.165, 1.54) is 6.07 Å². The molecule has 122 valence electrons. The van der Waals surface area contributed by atoms with Gasteiger partial charge >= 0.3 is 0 Å². The van der Waals surface area contributed by atoms with E-state index in [1.54, 1.807) is 36.4 Å². The molecule has 0 aliphatic heterocycles. The predicted octanol–water partition coefficient (Wildman–Crippen LogP) is 4.39. The van der Waals surface area contributed by atoms with Crippen molar-refractivity contribution in [2.45, 2.75) is 11.8 Å². The normalized spacial score (nSPS) is 12.1. The van der Waals surface area contributed by atoms with Crippen LogP contribution in [-0.4, -0.2) is 13.0 Å². The van der Waals surface area contributed by atoms with Gasteiger partial charge in [0.05, 0.1) is 11.4 Å². The molecule has 3 aromatic rings. The second-order valence-electron chi connectivity index (χ2n) is 5.36. The molecule has 3 rings (SSSR count). The molecule has 0 bridgehead atoms. The van der Waals surface area contributed by atoms with Gasteiger partial charge in [0.1, 0.15) is 10.6 Å². The van der Waals surface area contributed by atoms with Crippen LogP contribution < -0.4 is 5.73 Å². The molecule has 0 unspecified atom stereocenters. The number of nitrogens with zero attached hydrogens (tertiary/aromatic N) is 2. The Balaban J connectivity index is 2.18. The van der Waals surface area contributed by atoms with Crippen LogP contribution in [0.4, 0.5) is 17.1 Å². The van der Waals surface area contributed by atoms with E-state index in [1.807, 2.05) is 19.1 Å². The van der Waals surface area contributed by atoms with Crippen molar-refractivity contribution in [2.24, 2.45) is 10.2 Å². The van der Waals surface area contributed by atoms with Crippen LogP contribution in [0.3, 0.4) is 0 Å². The third-order valence-corrected chi connectivity index (χ3v) is 4.51. The summed E-state index contributed by atoms with van der Waals surface area (Å²) >= 11 is 0. The second-order valence-corrected chi connectivity index (χ2v) is 6.75. The minimum atomic E-state index is -4.41. The van der Waals surface area contributed by atoms with Gasteiger partial charge in [0, 0.05) is 10.8 Å². The van der Waals surface area contributed by atoms with Crippen LogP contribution in [0.1, 0.15) is 5.56 Å². The van der Waals surface area contributed by atoms with E-state index in [0.717, 1.165) is 5.56 Å². The minimum Gasteiger partial charge on any atom is -0.396 e. The van der Waals surface area contributed by atoms with Crippen LogP contribution in [0.15, 0.2) is 69.7 Å². The first-order chi connectivity index (χ1) is 11.4. The Morgan fingerprint density at radius 3 is 2.21 bits per heavy atom. The fourth-order valence-corrected chi connectivity index (χ4v) is 3.09. The fraction of sp³-hybridized carbons (Fsp3) is 0.0588. The first-order valence-electron chi connectivity index (χ1n) is 7.13. The van der Waals surface area contributed by atoms with E-state index in [2.05, 4.69) is 10.2 Å². The number of nitrogens with two attached hydrogens (primary N) is 1. The monoisotopic (exact) mass is 341 g/mol. The summed E-state index contributed by atoms with van der Waals surface area (Å²) < 4.78 is 32.8. The van der Waals surface area contributed by atoms with Crippen molar-refractivity contribution in [2.75, 3.05) is 5.73 Å². The first-order valence-corrected chi connectivity index (χ1v) is 8.57. The van der Waals surface area contributed by atoms with Crippen molar-refractivity contribution < 1.29 is 13.0 Å². The molecular formula is C17H15N3O3S. The topological polar surface area (TPSA) is 105 Å². The highest BCUT2D eigenvalue weighted by molar-refractivity contribution is 7.86. The van der Waals surface area contributed by atoms with Gasteiger partial charge in [-0.3, -0.25) is 4.55 Å². The number of rotatable bonds is 3. The Labute approximate surface area is 139 Å².